The van der Waals surface area contributed by atoms with E-state index in [4.69, 9.17) is 14.2 Å². The maximum absolute atomic E-state index is 11.9. The van der Waals surface area contributed by atoms with Crippen LogP contribution in [0.3, 0.4) is 0 Å². The van der Waals surface area contributed by atoms with Crippen molar-refractivity contribution in [3.05, 3.63) is 112 Å². The average Bonchev–Trinajstić information content (AvgIpc) is 3.07. The van der Waals surface area contributed by atoms with Crippen LogP contribution in [0.25, 0.3) is 0 Å². The molecule has 0 spiro atoms. The summed E-state index contributed by atoms with van der Waals surface area (Å²) in [5.41, 5.74) is 6.78. The molecule has 8 nitrogen and oxygen atoms in total. The molecule has 1 unspecified atom stereocenters. The lowest BCUT2D eigenvalue weighted by atomic mass is 9.95. The Bertz CT molecular complexity index is 1690. The lowest BCUT2D eigenvalue weighted by Crippen LogP contribution is -2.40. The molecule has 0 aliphatic carbocycles. The van der Waals surface area contributed by atoms with Gasteiger partial charge in [0, 0.05) is 80.0 Å². The van der Waals surface area contributed by atoms with Crippen LogP contribution in [0.4, 0.5) is 11.4 Å². The van der Waals surface area contributed by atoms with Gasteiger partial charge in [-0.05, 0) is 80.6 Å². The van der Waals surface area contributed by atoms with E-state index in [1.807, 2.05) is 6.07 Å². The van der Waals surface area contributed by atoms with Gasteiger partial charge in [-0.25, -0.2) is 0 Å². The summed E-state index contributed by atoms with van der Waals surface area (Å²) in [6, 6.07) is 25.5. The Morgan fingerprint density at radius 2 is 1.83 bits per heavy atom. The van der Waals surface area contributed by atoms with Gasteiger partial charge in [-0.15, -0.1) is 0 Å². The minimum atomic E-state index is -0.138. The lowest BCUT2D eigenvalue weighted by Gasteiger charge is -2.36. The van der Waals surface area contributed by atoms with Crippen LogP contribution in [0, 0.1) is 0 Å². The topological polar surface area (TPSA) is 79.1 Å². The summed E-state index contributed by atoms with van der Waals surface area (Å²) in [4.78, 5) is 19.4. The number of rotatable bonds is 9. The highest BCUT2D eigenvalue weighted by Gasteiger charge is 2.29. The first kappa shape index (κ1) is 30.4. The number of benzene rings is 3. The van der Waals surface area contributed by atoms with Crippen molar-refractivity contribution in [3.63, 3.8) is 0 Å². The summed E-state index contributed by atoms with van der Waals surface area (Å²) < 4.78 is 18.6. The zero-order valence-electron chi connectivity index (χ0n) is 26.8. The second-order valence-corrected chi connectivity index (χ2v) is 13.0. The Hall–Kier alpha value is -4.27. The molecule has 46 heavy (non-hydrogen) atoms. The lowest BCUT2D eigenvalue weighted by molar-refractivity contribution is 0.0384. The molecular weight excluding hydrogens is 576 g/mol. The first-order chi connectivity index (χ1) is 22.5. The number of piperidine rings is 1. The Balaban J connectivity index is 0.935. The molecule has 4 aromatic rings. The normalized spacial score (nSPS) is 18.5. The molecule has 2 saturated heterocycles. The van der Waals surface area contributed by atoms with Crippen LogP contribution in [0.1, 0.15) is 55.0 Å². The van der Waals surface area contributed by atoms with Crippen molar-refractivity contribution >= 4 is 11.4 Å². The fourth-order valence-electron chi connectivity index (χ4n) is 6.88. The molecule has 1 aromatic heterocycles. The molecule has 3 aromatic carbocycles. The number of hydrogen-bond acceptors (Lipinski definition) is 7. The number of fused-ring (bicyclic) bond motifs is 2. The maximum atomic E-state index is 11.9. The number of anilines is 2. The highest BCUT2D eigenvalue weighted by atomic mass is 16.5. The first-order valence-corrected chi connectivity index (χ1v) is 16.7. The molecule has 7 rings (SSSR count). The summed E-state index contributed by atoms with van der Waals surface area (Å²) in [5.74, 6) is 2.76. The second kappa shape index (κ2) is 13.6. The number of likely N-dealkylation sites (tertiary alicyclic amines) is 1. The van der Waals surface area contributed by atoms with Crippen molar-refractivity contribution in [2.45, 2.75) is 57.8 Å². The number of aromatic nitrogens is 1. The number of pyridine rings is 1. The predicted molar refractivity (Wildman–Crippen MR) is 183 cm³/mol. The molecule has 3 aliphatic rings. The Morgan fingerprint density at radius 1 is 0.978 bits per heavy atom. The van der Waals surface area contributed by atoms with Gasteiger partial charge >= 0.3 is 0 Å². The van der Waals surface area contributed by atoms with Crippen molar-refractivity contribution in [3.8, 4) is 17.2 Å². The van der Waals surface area contributed by atoms with Gasteiger partial charge in [0.2, 0.25) is 5.56 Å². The third kappa shape index (κ3) is 7.08. The molecule has 2 fully saturated rings. The molecule has 1 atom stereocenters. The summed E-state index contributed by atoms with van der Waals surface area (Å²) >= 11 is 0. The smallest absolute Gasteiger partial charge is 0.249 e. The van der Waals surface area contributed by atoms with E-state index >= 15 is 0 Å². The van der Waals surface area contributed by atoms with Gasteiger partial charge in [-0.2, -0.15) is 0 Å². The zero-order valence-corrected chi connectivity index (χ0v) is 26.8. The maximum Gasteiger partial charge on any atom is 0.249 e. The van der Waals surface area contributed by atoms with Gasteiger partial charge < -0.3 is 34.3 Å². The third-order valence-electron chi connectivity index (χ3n) is 9.29. The van der Waals surface area contributed by atoms with Gasteiger partial charge in [0.05, 0.1) is 12.7 Å². The molecule has 0 saturated carbocycles. The van der Waals surface area contributed by atoms with E-state index in [1.54, 1.807) is 12.3 Å². The average molecular weight is 621 g/mol. The van der Waals surface area contributed by atoms with Gasteiger partial charge in [-0.1, -0.05) is 30.3 Å². The minimum Gasteiger partial charge on any atom is -0.491 e. The Morgan fingerprint density at radius 3 is 2.63 bits per heavy atom. The number of para-hydroxylation sites is 1. The van der Waals surface area contributed by atoms with E-state index < -0.39 is 0 Å². The molecular formula is C38H44N4O4. The summed E-state index contributed by atoms with van der Waals surface area (Å²) in [7, 11) is 0. The van der Waals surface area contributed by atoms with E-state index in [9.17, 15) is 4.79 Å². The van der Waals surface area contributed by atoms with Crippen molar-refractivity contribution < 1.29 is 14.2 Å². The van der Waals surface area contributed by atoms with Crippen LogP contribution in [0.15, 0.2) is 83.8 Å². The van der Waals surface area contributed by atoms with Gasteiger partial charge in [0.25, 0.3) is 0 Å². The number of morpholine rings is 1. The predicted octanol–water partition coefficient (Wildman–Crippen LogP) is 6.56. The number of hydrogen-bond donors (Lipinski definition) is 2. The number of ether oxygens (including phenoxy) is 3. The van der Waals surface area contributed by atoms with Crippen LogP contribution in [0.2, 0.25) is 0 Å². The molecule has 240 valence electrons. The summed E-state index contributed by atoms with van der Waals surface area (Å²) in [6.07, 6.45) is 5.92. The van der Waals surface area contributed by atoms with Gasteiger partial charge in [0.1, 0.15) is 23.4 Å². The van der Waals surface area contributed by atoms with Crippen LogP contribution in [-0.4, -0.2) is 61.4 Å². The van der Waals surface area contributed by atoms with E-state index in [-0.39, 0.29) is 17.8 Å². The monoisotopic (exact) mass is 620 g/mol. The van der Waals surface area contributed by atoms with E-state index in [2.05, 4.69) is 94.6 Å². The summed E-state index contributed by atoms with van der Waals surface area (Å²) in [6.45, 7) is 9.42. The molecule has 3 aliphatic heterocycles. The second-order valence-electron chi connectivity index (χ2n) is 13.0. The fraction of sp³-hybridized carbons (Fsp3) is 0.395. The molecule has 8 heteroatoms. The van der Waals surface area contributed by atoms with Crippen molar-refractivity contribution in [1.29, 1.82) is 0 Å². The van der Waals surface area contributed by atoms with E-state index in [0.29, 0.717) is 19.2 Å². The van der Waals surface area contributed by atoms with Crippen LogP contribution in [-0.2, 0) is 17.6 Å². The van der Waals surface area contributed by atoms with Crippen molar-refractivity contribution in [1.82, 2.24) is 9.88 Å². The quantitative estimate of drug-likeness (QED) is 0.193. The number of nitrogens with one attached hydrogen (secondary N) is 2. The molecule has 0 amide bonds. The molecule has 0 radical (unpaired) electrons. The third-order valence-corrected chi connectivity index (χ3v) is 9.29. The molecule has 2 N–H and O–H groups in total. The van der Waals surface area contributed by atoms with Gasteiger partial charge in [0.15, 0.2) is 0 Å². The SMILES string of the molecule is CC(C)Oc1ccc(CCN2CCC(Nc3ccc4c(c3)Cc3cccc(C5CN(c6cc[nH]c(=O)c6)CCO5)c3O4)CC2)cc1. The van der Waals surface area contributed by atoms with Crippen LogP contribution < -0.4 is 25.2 Å². The minimum absolute atomic E-state index is 0.0947. The Kier molecular flexibility index (Phi) is 8.99. The number of H-pyrrole nitrogens is 1. The van der Waals surface area contributed by atoms with E-state index in [1.165, 1.54) is 16.7 Å². The largest absolute Gasteiger partial charge is 0.491 e. The van der Waals surface area contributed by atoms with Gasteiger partial charge in [-0.3, -0.25) is 4.79 Å². The van der Waals surface area contributed by atoms with Crippen molar-refractivity contribution in [2.75, 3.05) is 49.5 Å². The number of nitrogens with zero attached hydrogens (tertiary/aromatic N) is 2. The van der Waals surface area contributed by atoms with Crippen LogP contribution >= 0.6 is 0 Å². The van der Waals surface area contributed by atoms with Crippen LogP contribution in [0.5, 0.6) is 17.2 Å². The highest BCUT2D eigenvalue weighted by molar-refractivity contribution is 5.59. The molecule has 0 bridgehead atoms. The standard InChI is InChI=1S/C38H44N4O4/c1-26(2)45-33-9-6-27(7-10-33)13-17-41-18-14-30(15-19-41)40-31-8-11-35-29(23-31)22-28-4-3-5-34(38(28)46-35)36-25-42(20-21-44-36)32-12-16-39-37(43)24-32/h3-12,16,23-24,26,30,36,40H,13-15,17-22,25H2,1-2H3,(H,39,43). The summed E-state index contributed by atoms with van der Waals surface area (Å²) in [5, 5.41) is 3.81. The fourth-order valence-corrected chi connectivity index (χ4v) is 6.88. The first-order valence-electron chi connectivity index (χ1n) is 16.7. The van der Waals surface area contributed by atoms with Crippen molar-refractivity contribution in [2.24, 2.45) is 0 Å². The van der Waals surface area contributed by atoms with E-state index in [0.717, 1.165) is 86.0 Å². The molecule has 4 heterocycles. The Labute approximate surface area is 271 Å². The number of aromatic amines is 1. The zero-order chi connectivity index (χ0) is 31.5. The highest BCUT2D eigenvalue weighted by Crippen LogP contribution is 2.43.